The van der Waals surface area contributed by atoms with Crippen molar-refractivity contribution in [1.82, 2.24) is 4.98 Å². The number of pyridine rings is 1. The second-order valence-electron chi connectivity index (χ2n) is 20.6. The summed E-state index contributed by atoms with van der Waals surface area (Å²) >= 11 is 0. The van der Waals surface area contributed by atoms with Gasteiger partial charge >= 0.3 is 17.9 Å². The molecule has 13 nitrogen and oxygen atoms in total. The molecule has 0 aliphatic heterocycles. The van der Waals surface area contributed by atoms with Crippen LogP contribution in [0.5, 0.6) is 0 Å². The van der Waals surface area contributed by atoms with Crippen LogP contribution in [-0.4, -0.2) is 80.2 Å². The number of rotatable bonds is 13. The lowest BCUT2D eigenvalue weighted by molar-refractivity contribution is -0.220. The first kappa shape index (κ1) is 46.9. The van der Waals surface area contributed by atoms with Gasteiger partial charge in [0.25, 0.3) is 0 Å². The van der Waals surface area contributed by atoms with E-state index in [1.165, 1.54) is 12.2 Å². The molecule has 5 aliphatic rings. The molecule has 11 atom stereocenters. The van der Waals surface area contributed by atoms with Crippen LogP contribution in [-0.2, 0) is 49.6 Å². The summed E-state index contributed by atoms with van der Waals surface area (Å²) in [6.07, 6.45) is 7.47. The van der Waals surface area contributed by atoms with Crippen LogP contribution in [0, 0.1) is 40.4 Å². The third-order valence-corrected chi connectivity index (χ3v) is 15.4. The quantitative estimate of drug-likeness (QED) is 0.115. The largest absolute Gasteiger partial charge is 0.461 e. The Bertz CT molecular complexity index is 2530. The van der Waals surface area contributed by atoms with Crippen molar-refractivity contribution in [2.45, 2.75) is 122 Å². The first-order valence-corrected chi connectivity index (χ1v) is 22.9. The van der Waals surface area contributed by atoms with Crippen LogP contribution in [0.1, 0.15) is 104 Å². The Morgan fingerprint density at radius 2 is 1.67 bits per heavy atom. The van der Waals surface area contributed by atoms with Crippen molar-refractivity contribution in [1.29, 1.82) is 0 Å². The van der Waals surface area contributed by atoms with Crippen molar-refractivity contribution in [2.24, 2.45) is 40.4 Å². The third kappa shape index (κ3) is 8.28. The minimum absolute atomic E-state index is 0.00473. The number of fused-ring (bicyclic) bond motifs is 6. The third-order valence-electron chi connectivity index (χ3n) is 15.4. The van der Waals surface area contributed by atoms with Crippen LogP contribution in [0.2, 0.25) is 0 Å². The molecule has 66 heavy (non-hydrogen) atoms. The zero-order chi connectivity index (χ0) is 47.6. The number of hydrogen-bond acceptors (Lipinski definition) is 12. The van der Waals surface area contributed by atoms with E-state index in [4.69, 9.17) is 14.2 Å². The smallest absolute Gasteiger partial charge is 0.310 e. The highest BCUT2D eigenvalue weighted by Gasteiger charge is 2.75. The lowest BCUT2D eigenvalue weighted by atomic mass is 9.44. The van der Waals surface area contributed by atoms with E-state index >= 15 is 4.39 Å². The fourth-order valence-electron chi connectivity index (χ4n) is 11.8. The van der Waals surface area contributed by atoms with Crippen LogP contribution in [0.3, 0.4) is 0 Å². The van der Waals surface area contributed by atoms with Gasteiger partial charge in [0.15, 0.2) is 18.1 Å². The Labute approximate surface area is 383 Å². The van der Waals surface area contributed by atoms with E-state index < -0.39 is 99.6 Å². The summed E-state index contributed by atoms with van der Waals surface area (Å²) in [5.74, 6) is -7.22. The molecule has 350 valence electrons. The van der Waals surface area contributed by atoms with Crippen molar-refractivity contribution in [3.05, 3.63) is 95.9 Å². The number of nitrogens with zero attached hydrogens (tertiary/aromatic N) is 1. The van der Waals surface area contributed by atoms with Gasteiger partial charge in [-0.25, -0.2) is 4.39 Å². The number of carbonyl (C=O) groups excluding carboxylic acids is 6. The first-order chi connectivity index (χ1) is 31.1. The van der Waals surface area contributed by atoms with Gasteiger partial charge in [0.2, 0.25) is 11.7 Å². The number of esters is 3. The number of aliphatic hydroxyl groups excluding tert-OH is 1. The standard InChI is InChI=1S/C52H59FN2O11/c1-29-21-41-40-15-12-34-23-36(56)17-19-49(34,5)51(40,53)42(57)25-50(41,6)52(29,63)43(58)28-65-47(62)39-24-38(39)46(61)64-27-30-7-9-31(10-8-30)37(14-16-44(59)66-48(2,3)4)45(60)55-35-13-11-33-26-54-20-18-32(33)22-35/h7-11,13,17-20,22-23,26,29,37-42,57,63H,12,14-16,21,24-25,27-28H2,1-6H3,(H,55,60)/t29-,37-,38?,39?,40+,41+,42+,49+,50+,51+,52+/m1/s1. The van der Waals surface area contributed by atoms with Crippen LogP contribution >= 0.6 is 0 Å². The SMILES string of the molecule is C[C@@H]1C[C@H]2[C@@H]3CCC4=CC(=O)C=C[C@]4(C)[C@@]3(F)[C@@H](O)C[C@]2(C)[C@@]1(O)C(=O)COC(=O)C1CC1C(=O)OCc1ccc([C@@H](CCC(=O)OC(C)(C)C)C(=O)Nc2ccc3cnccc3c2)cc1. The van der Waals surface area contributed by atoms with Crippen molar-refractivity contribution < 1.29 is 57.6 Å². The van der Waals surface area contributed by atoms with Gasteiger partial charge < -0.3 is 29.7 Å². The number of amides is 1. The monoisotopic (exact) mass is 906 g/mol. The van der Waals surface area contributed by atoms with Gasteiger partial charge in [-0.05, 0) is 125 Å². The van der Waals surface area contributed by atoms with E-state index in [0.717, 1.165) is 10.8 Å². The zero-order valence-corrected chi connectivity index (χ0v) is 38.3. The minimum Gasteiger partial charge on any atom is -0.461 e. The second-order valence-corrected chi connectivity index (χ2v) is 20.6. The summed E-state index contributed by atoms with van der Waals surface area (Å²) in [5.41, 5.74) is -4.78. The number of ether oxygens (including phenoxy) is 3. The molecular formula is C52H59FN2O11. The lowest BCUT2D eigenvalue weighted by Crippen LogP contribution is -2.69. The molecule has 4 saturated carbocycles. The number of aromatic nitrogens is 1. The number of carbonyl (C=O) groups is 6. The molecule has 2 unspecified atom stereocenters. The number of ketones is 2. The lowest BCUT2D eigenvalue weighted by Gasteiger charge is -2.62. The van der Waals surface area contributed by atoms with E-state index in [0.29, 0.717) is 41.6 Å². The fourth-order valence-corrected chi connectivity index (χ4v) is 11.8. The highest BCUT2D eigenvalue weighted by molar-refractivity contribution is 6.01. The average molecular weight is 907 g/mol. The average Bonchev–Trinajstić information content (AvgIpc) is 4.05. The maximum Gasteiger partial charge on any atom is 0.310 e. The molecule has 0 saturated heterocycles. The summed E-state index contributed by atoms with van der Waals surface area (Å²) in [7, 11) is 0. The zero-order valence-electron chi connectivity index (χ0n) is 38.3. The molecule has 3 N–H and O–H groups in total. The number of halogens is 1. The molecule has 0 spiro atoms. The number of Topliss-reactive ketones (excluding diaryl/α,β-unsaturated/α-hetero) is 1. The summed E-state index contributed by atoms with van der Waals surface area (Å²) in [6.45, 7) is 9.61. The molecule has 5 aliphatic carbocycles. The summed E-state index contributed by atoms with van der Waals surface area (Å²) < 4.78 is 34.0. The number of aliphatic hydroxyl groups is 2. The van der Waals surface area contributed by atoms with Crippen LogP contribution in [0.15, 0.2) is 84.7 Å². The minimum atomic E-state index is -2.12. The predicted molar refractivity (Wildman–Crippen MR) is 240 cm³/mol. The van der Waals surface area contributed by atoms with Crippen molar-refractivity contribution >= 4 is 51.8 Å². The van der Waals surface area contributed by atoms with Gasteiger partial charge in [-0.15, -0.1) is 0 Å². The van der Waals surface area contributed by atoms with Gasteiger partial charge in [0, 0.05) is 46.6 Å². The number of anilines is 1. The van der Waals surface area contributed by atoms with Gasteiger partial charge in [-0.1, -0.05) is 55.8 Å². The van der Waals surface area contributed by atoms with Crippen LogP contribution < -0.4 is 5.32 Å². The van der Waals surface area contributed by atoms with Crippen LogP contribution in [0.4, 0.5) is 10.1 Å². The Balaban J connectivity index is 0.856. The van der Waals surface area contributed by atoms with E-state index in [-0.39, 0.29) is 44.0 Å². The Morgan fingerprint density at radius 3 is 2.38 bits per heavy atom. The predicted octanol–water partition coefficient (Wildman–Crippen LogP) is 7.22. The van der Waals surface area contributed by atoms with E-state index in [1.807, 2.05) is 18.2 Å². The fraction of sp³-hybridized carbons (Fsp3) is 0.519. The molecule has 1 heterocycles. The highest BCUT2D eigenvalue weighted by Crippen LogP contribution is 2.70. The van der Waals surface area contributed by atoms with E-state index in [1.54, 1.807) is 90.3 Å². The first-order valence-electron chi connectivity index (χ1n) is 22.9. The molecule has 1 amide bonds. The molecule has 3 aromatic rings. The molecule has 4 fully saturated rings. The highest BCUT2D eigenvalue weighted by atomic mass is 19.1. The molecular weight excluding hydrogens is 848 g/mol. The van der Waals surface area contributed by atoms with E-state index in [9.17, 15) is 39.0 Å². The maximum absolute atomic E-state index is 17.5. The van der Waals surface area contributed by atoms with E-state index in [2.05, 4.69) is 10.3 Å². The molecule has 8 rings (SSSR count). The van der Waals surface area contributed by atoms with Crippen LogP contribution in [0.25, 0.3) is 10.8 Å². The number of alkyl halides is 1. The van der Waals surface area contributed by atoms with Gasteiger partial charge in [-0.2, -0.15) is 0 Å². The van der Waals surface area contributed by atoms with Gasteiger partial charge in [0.05, 0.1) is 23.9 Å². The second kappa shape index (κ2) is 17.2. The summed E-state index contributed by atoms with van der Waals surface area (Å²) in [5, 5.41) is 28.7. The number of benzene rings is 2. The molecule has 14 heteroatoms. The van der Waals surface area contributed by atoms with Gasteiger partial charge in [0.1, 0.15) is 17.8 Å². The molecule has 1 aromatic heterocycles. The Kier molecular flexibility index (Phi) is 12.3. The number of allylic oxidation sites excluding steroid dienone is 4. The number of nitrogens with one attached hydrogen (secondary N) is 1. The Hall–Kier alpha value is -5.60. The van der Waals surface area contributed by atoms with Crippen molar-refractivity contribution in [3.8, 4) is 0 Å². The molecule has 0 bridgehead atoms. The van der Waals surface area contributed by atoms with Gasteiger partial charge in [-0.3, -0.25) is 33.8 Å². The maximum atomic E-state index is 17.5. The normalized spacial score (nSPS) is 32.5. The molecule has 2 aromatic carbocycles. The summed E-state index contributed by atoms with van der Waals surface area (Å²) in [6, 6.07) is 14.3. The summed E-state index contributed by atoms with van der Waals surface area (Å²) in [4.78, 5) is 83.0. The molecule has 0 radical (unpaired) electrons. The number of hydrogen-bond donors (Lipinski definition) is 3. The topological polar surface area (TPSA) is 195 Å². The van der Waals surface area contributed by atoms with Crippen molar-refractivity contribution in [2.75, 3.05) is 11.9 Å². The van der Waals surface area contributed by atoms with Crippen molar-refractivity contribution in [3.63, 3.8) is 0 Å². The Morgan fingerprint density at radius 1 is 0.955 bits per heavy atom.